The van der Waals surface area contributed by atoms with E-state index in [-0.39, 0.29) is 18.9 Å². The van der Waals surface area contributed by atoms with E-state index in [1.807, 2.05) is 0 Å². The Morgan fingerprint density at radius 3 is 2.38 bits per heavy atom. The van der Waals surface area contributed by atoms with Crippen molar-refractivity contribution in [2.45, 2.75) is 19.6 Å². The lowest BCUT2D eigenvalue weighted by molar-refractivity contribution is -0.384. The van der Waals surface area contributed by atoms with Crippen LogP contribution in [-0.4, -0.2) is 18.1 Å². The van der Waals surface area contributed by atoms with Crippen molar-refractivity contribution in [3.05, 3.63) is 69.2 Å². The van der Waals surface area contributed by atoms with Crippen molar-refractivity contribution in [3.8, 4) is 0 Å². The molecule has 0 saturated heterocycles. The number of anilines is 1. The number of hydrogen-bond acceptors (Lipinski definition) is 6. The summed E-state index contributed by atoms with van der Waals surface area (Å²) in [5, 5.41) is 14.6. The number of nitrogens with zero attached hydrogens (tertiary/aromatic N) is 1. The minimum atomic E-state index is -3.68. The topological polar surface area (TPSA) is 90.7 Å². The molecule has 0 aliphatic heterocycles. The van der Waals surface area contributed by atoms with E-state index in [0.717, 1.165) is 0 Å². The Morgan fingerprint density at radius 1 is 1.15 bits per heavy atom. The minimum Gasteiger partial charge on any atom is -0.367 e. The predicted octanol–water partition coefficient (Wildman–Crippen LogP) is 5.63. The fourth-order valence-electron chi connectivity index (χ4n) is 2.43. The average molecular weight is 399 g/mol. The Hall–Kier alpha value is -1.92. The smallest absolute Gasteiger partial charge is 0.357 e. The number of halogens is 1. The molecule has 1 atom stereocenters. The van der Waals surface area contributed by atoms with Crippen LogP contribution in [0, 0.1) is 10.1 Å². The van der Waals surface area contributed by atoms with Gasteiger partial charge in [0, 0.05) is 12.1 Å². The third kappa shape index (κ3) is 4.83. The van der Waals surface area contributed by atoms with Gasteiger partial charge < -0.3 is 14.4 Å². The molecule has 0 fully saturated rings. The van der Waals surface area contributed by atoms with Gasteiger partial charge in [-0.15, -0.1) is 0 Å². The molecule has 0 aliphatic carbocycles. The van der Waals surface area contributed by atoms with Crippen molar-refractivity contribution in [3.63, 3.8) is 0 Å². The highest BCUT2D eigenvalue weighted by atomic mass is 35.5. The second-order valence-corrected chi connectivity index (χ2v) is 7.77. The number of nitro benzene ring substituents is 1. The number of benzene rings is 2. The van der Waals surface area contributed by atoms with Crippen LogP contribution in [0.1, 0.15) is 25.2 Å². The van der Waals surface area contributed by atoms with Crippen LogP contribution < -0.4 is 5.32 Å². The Balaban J connectivity index is 2.54. The molecule has 0 bridgehead atoms. The Bertz CT molecular complexity index is 807. The molecule has 2 rings (SSSR count). The summed E-state index contributed by atoms with van der Waals surface area (Å²) in [7, 11) is -3.68. The van der Waals surface area contributed by atoms with E-state index < -0.39 is 18.3 Å². The first-order chi connectivity index (χ1) is 12.4. The molecule has 9 heteroatoms. The highest BCUT2D eigenvalue weighted by Crippen LogP contribution is 2.61. The molecule has 7 nitrogen and oxygen atoms in total. The van der Waals surface area contributed by atoms with E-state index in [1.165, 1.54) is 18.2 Å². The van der Waals surface area contributed by atoms with Gasteiger partial charge >= 0.3 is 7.60 Å². The van der Waals surface area contributed by atoms with Gasteiger partial charge in [-0.1, -0.05) is 35.9 Å². The molecular formula is C17H20ClN2O5P. The Kier molecular flexibility index (Phi) is 7.17. The molecule has 0 spiro atoms. The summed E-state index contributed by atoms with van der Waals surface area (Å²) in [5.41, 5.74) is 0.808. The highest BCUT2D eigenvalue weighted by Gasteiger charge is 2.38. The van der Waals surface area contributed by atoms with E-state index in [4.69, 9.17) is 20.6 Å². The fourth-order valence-corrected chi connectivity index (χ4v) is 4.53. The maximum atomic E-state index is 13.4. The van der Waals surface area contributed by atoms with Crippen LogP contribution in [0.15, 0.2) is 48.5 Å². The molecule has 0 aromatic heterocycles. The molecule has 1 unspecified atom stereocenters. The summed E-state index contributed by atoms with van der Waals surface area (Å²) in [4.78, 5) is 10.6. The normalized spacial score (nSPS) is 12.6. The zero-order valence-corrected chi connectivity index (χ0v) is 16.1. The SMILES string of the molecule is CCOP(=O)(OCC)C(Nc1ccccc1Cl)c1cccc([N+](=O)[O-])c1. The minimum absolute atomic E-state index is 0.118. The van der Waals surface area contributed by atoms with Gasteiger partial charge in [0.25, 0.3) is 5.69 Å². The van der Waals surface area contributed by atoms with E-state index in [1.54, 1.807) is 44.2 Å². The molecule has 0 amide bonds. The van der Waals surface area contributed by atoms with Crippen molar-refractivity contribution in [1.82, 2.24) is 0 Å². The molecular weight excluding hydrogens is 379 g/mol. The summed E-state index contributed by atoms with van der Waals surface area (Å²) in [5.74, 6) is -0.956. The van der Waals surface area contributed by atoms with Gasteiger partial charge in [-0.05, 0) is 31.5 Å². The zero-order valence-electron chi connectivity index (χ0n) is 14.4. The lowest BCUT2D eigenvalue weighted by atomic mass is 10.2. The quantitative estimate of drug-likeness (QED) is 0.334. The average Bonchev–Trinajstić information content (AvgIpc) is 2.61. The summed E-state index contributed by atoms with van der Waals surface area (Å²) < 4.78 is 24.3. The van der Waals surface area contributed by atoms with Crippen LogP contribution in [0.2, 0.25) is 5.02 Å². The molecule has 0 aliphatic rings. The number of para-hydroxylation sites is 1. The van der Waals surface area contributed by atoms with Gasteiger partial charge in [0.2, 0.25) is 0 Å². The second kappa shape index (κ2) is 9.14. The van der Waals surface area contributed by atoms with Gasteiger partial charge in [-0.25, -0.2) is 0 Å². The van der Waals surface area contributed by atoms with Crippen LogP contribution in [0.3, 0.4) is 0 Å². The molecule has 140 valence electrons. The molecule has 0 heterocycles. The lowest BCUT2D eigenvalue weighted by Gasteiger charge is -2.28. The Morgan fingerprint density at radius 2 is 1.81 bits per heavy atom. The first-order valence-corrected chi connectivity index (χ1v) is 10.0. The van der Waals surface area contributed by atoms with Crippen molar-refractivity contribution in [1.29, 1.82) is 0 Å². The van der Waals surface area contributed by atoms with E-state index in [9.17, 15) is 14.7 Å². The van der Waals surface area contributed by atoms with Crippen LogP contribution in [-0.2, 0) is 13.6 Å². The lowest BCUT2D eigenvalue weighted by Crippen LogP contribution is -2.15. The van der Waals surface area contributed by atoms with Gasteiger partial charge in [0.1, 0.15) is 0 Å². The summed E-state index contributed by atoms with van der Waals surface area (Å²) >= 11 is 6.20. The maximum Gasteiger partial charge on any atom is 0.357 e. The van der Waals surface area contributed by atoms with Gasteiger partial charge in [-0.3, -0.25) is 14.7 Å². The first-order valence-electron chi connectivity index (χ1n) is 8.05. The number of nitrogens with one attached hydrogen (secondary N) is 1. The molecule has 2 aromatic rings. The number of rotatable bonds is 9. The number of non-ortho nitro benzene ring substituents is 1. The van der Waals surface area contributed by atoms with Crippen LogP contribution >= 0.6 is 19.2 Å². The molecule has 26 heavy (non-hydrogen) atoms. The van der Waals surface area contributed by atoms with Crippen molar-refractivity contribution < 1.29 is 18.5 Å². The summed E-state index contributed by atoms with van der Waals surface area (Å²) in [6, 6.07) is 12.8. The van der Waals surface area contributed by atoms with Crippen molar-refractivity contribution >= 4 is 30.6 Å². The molecule has 2 aromatic carbocycles. The third-order valence-electron chi connectivity index (χ3n) is 3.50. The fraction of sp³-hybridized carbons (Fsp3) is 0.294. The molecule has 0 saturated carbocycles. The standard InChI is InChI=1S/C17H20ClN2O5P/c1-3-24-26(23,25-4-2)17(19-16-11-6-5-10-15(16)18)13-8-7-9-14(12-13)20(21)22/h5-12,17,19H,3-4H2,1-2H3. The second-order valence-electron chi connectivity index (χ2n) is 5.25. The number of hydrogen-bond donors (Lipinski definition) is 1. The van der Waals surface area contributed by atoms with Crippen LogP contribution in [0.4, 0.5) is 11.4 Å². The number of nitro groups is 1. The summed E-state index contributed by atoms with van der Waals surface area (Å²) in [6.07, 6.45) is 0. The Labute approximate surface area is 157 Å². The largest absolute Gasteiger partial charge is 0.367 e. The molecule has 1 N–H and O–H groups in total. The maximum absolute atomic E-state index is 13.4. The third-order valence-corrected chi connectivity index (χ3v) is 6.12. The van der Waals surface area contributed by atoms with Crippen LogP contribution in [0.25, 0.3) is 0 Å². The van der Waals surface area contributed by atoms with Gasteiger partial charge in [0.05, 0.1) is 28.8 Å². The van der Waals surface area contributed by atoms with Crippen LogP contribution in [0.5, 0.6) is 0 Å². The van der Waals surface area contributed by atoms with E-state index >= 15 is 0 Å². The van der Waals surface area contributed by atoms with Crippen molar-refractivity contribution in [2.24, 2.45) is 0 Å². The van der Waals surface area contributed by atoms with Gasteiger partial charge in [0.15, 0.2) is 5.78 Å². The van der Waals surface area contributed by atoms with E-state index in [2.05, 4.69) is 5.32 Å². The highest BCUT2D eigenvalue weighted by molar-refractivity contribution is 7.54. The van der Waals surface area contributed by atoms with E-state index in [0.29, 0.717) is 16.3 Å². The predicted molar refractivity (Wildman–Crippen MR) is 102 cm³/mol. The van der Waals surface area contributed by atoms with Crippen molar-refractivity contribution in [2.75, 3.05) is 18.5 Å². The van der Waals surface area contributed by atoms with Gasteiger partial charge in [-0.2, -0.15) is 0 Å². The summed E-state index contributed by atoms with van der Waals surface area (Å²) in [6.45, 7) is 3.72. The monoisotopic (exact) mass is 398 g/mol. The molecule has 0 radical (unpaired) electrons. The zero-order chi connectivity index (χ0) is 19.2. The first kappa shape index (κ1) is 20.4.